The second-order valence-corrected chi connectivity index (χ2v) is 4.77. The van der Waals surface area contributed by atoms with Gasteiger partial charge in [0, 0.05) is 24.1 Å². The molecule has 1 aromatic carbocycles. The van der Waals surface area contributed by atoms with Gasteiger partial charge in [-0.05, 0) is 31.4 Å². The Morgan fingerprint density at radius 2 is 2.18 bits per heavy atom. The molecule has 1 aliphatic carbocycles. The predicted octanol–water partition coefficient (Wildman–Crippen LogP) is 1.89. The first-order chi connectivity index (χ1) is 8.22. The van der Waals surface area contributed by atoms with Crippen LogP contribution in [0, 0.1) is 12.8 Å². The Kier molecular flexibility index (Phi) is 3.79. The van der Waals surface area contributed by atoms with Crippen molar-refractivity contribution < 1.29 is 9.90 Å². The highest BCUT2D eigenvalue weighted by molar-refractivity contribution is 5.95. The minimum Gasteiger partial charge on any atom is -0.396 e. The standard InChI is InChI=1S/C14H19NO2/c1-10-5-2-3-7-12(10)14(17)15-13-8-4-6-11(13)9-16/h2-3,5,7,11,13,16H,4,6,8-9H2,1H3,(H,15,17). The van der Waals surface area contributed by atoms with E-state index in [-0.39, 0.29) is 24.5 Å². The Morgan fingerprint density at radius 1 is 1.41 bits per heavy atom. The topological polar surface area (TPSA) is 49.3 Å². The lowest BCUT2D eigenvalue weighted by Gasteiger charge is -2.19. The molecule has 3 nitrogen and oxygen atoms in total. The van der Waals surface area contributed by atoms with Crippen molar-refractivity contribution in [3.05, 3.63) is 35.4 Å². The molecule has 1 fully saturated rings. The zero-order valence-electron chi connectivity index (χ0n) is 10.1. The number of rotatable bonds is 3. The van der Waals surface area contributed by atoms with Gasteiger partial charge in [-0.3, -0.25) is 4.79 Å². The van der Waals surface area contributed by atoms with Crippen molar-refractivity contribution in [2.45, 2.75) is 32.2 Å². The van der Waals surface area contributed by atoms with Crippen molar-refractivity contribution in [3.8, 4) is 0 Å². The number of benzene rings is 1. The maximum absolute atomic E-state index is 12.1. The van der Waals surface area contributed by atoms with Gasteiger partial charge < -0.3 is 10.4 Å². The van der Waals surface area contributed by atoms with Gasteiger partial charge in [-0.2, -0.15) is 0 Å². The van der Waals surface area contributed by atoms with Gasteiger partial charge in [0.25, 0.3) is 5.91 Å². The highest BCUT2D eigenvalue weighted by atomic mass is 16.3. The summed E-state index contributed by atoms with van der Waals surface area (Å²) >= 11 is 0. The van der Waals surface area contributed by atoms with E-state index in [1.807, 2.05) is 31.2 Å². The molecule has 2 rings (SSSR count). The molecule has 0 heterocycles. The molecule has 1 saturated carbocycles. The summed E-state index contributed by atoms with van der Waals surface area (Å²) in [7, 11) is 0. The van der Waals surface area contributed by atoms with Crippen LogP contribution in [0.5, 0.6) is 0 Å². The van der Waals surface area contributed by atoms with Crippen LogP contribution in [0.2, 0.25) is 0 Å². The van der Waals surface area contributed by atoms with Crippen molar-refractivity contribution in [3.63, 3.8) is 0 Å². The van der Waals surface area contributed by atoms with Crippen LogP contribution in [-0.2, 0) is 0 Å². The van der Waals surface area contributed by atoms with E-state index in [0.717, 1.165) is 30.4 Å². The van der Waals surface area contributed by atoms with Crippen molar-refractivity contribution in [2.75, 3.05) is 6.61 Å². The number of aliphatic hydroxyl groups excluding tert-OH is 1. The number of hydrogen-bond acceptors (Lipinski definition) is 2. The van der Waals surface area contributed by atoms with Crippen molar-refractivity contribution in [1.82, 2.24) is 5.32 Å². The van der Waals surface area contributed by atoms with Crippen LogP contribution in [0.1, 0.15) is 35.2 Å². The summed E-state index contributed by atoms with van der Waals surface area (Å²) in [5, 5.41) is 12.3. The Morgan fingerprint density at radius 3 is 2.88 bits per heavy atom. The summed E-state index contributed by atoms with van der Waals surface area (Å²) in [6.45, 7) is 2.10. The van der Waals surface area contributed by atoms with Crippen LogP contribution in [0.15, 0.2) is 24.3 Å². The Hall–Kier alpha value is -1.35. The van der Waals surface area contributed by atoms with Gasteiger partial charge in [0.2, 0.25) is 0 Å². The van der Waals surface area contributed by atoms with Gasteiger partial charge in [0.15, 0.2) is 0 Å². The van der Waals surface area contributed by atoms with Crippen LogP contribution in [0.25, 0.3) is 0 Å². The zero-order chi connectivity index (χ0) is 12.3. The molecule has 2 atom stereocenters. The predicted molar refractivity (Wildman–Crippen MR) is 66.9 cm³/mol. The highest BCUT2D eigenvalue weighted by Crippen LogP contribution is 2.25. The SMILES string of the molecule is Cc1ccccc1C(=O)NC1CCCC1CO. The first-order valence-corrected chi connectivity index (χ1v) is 6.19. The fraction of sp³-hybridized carbons (Fsp3) is 0.500. The number of carbonyl (C=O) groups excluding carboxylic acids is 1. The highest BCUT2D eigenvalue weighted by Gasteiger charge is 2.28. The average molecular weight is 233 g/mol. The third-order valence-corrected chi connectivity index (χ3v) is 3.60. The van der Waals surface area contributed by atoms with Crippen LogP contribution < -0.4 is 5.32 Å². The molecular formula is C14H19NO2. The maximum atomic E-state index is 12.1. The first kappa shape index (κ1) is 12.1. The lowest BCUT2D eigenvalue weighted by Crippen LogP contribution is -2.38. The van der Waals surface area contributed by atoms with E-state index in [4.69, 9.17) is 0 Å². The number of carbonyl (C=O) groups is 1. The van der Waals surface area contributed by atoms with E-state index in [2.05, 4.69) is 5.32 Å². The summed E-state index contributed by atoms with van der Waals surface area (Å²) < 4.78 is 0. The molecule has 1 aliphatic rings. The van der Waals surface area contributed by atoms with E-state index >= 15 is 0 Å². The second kappa shape index (κ2) is 5.32. The second-order valence-electron chi connectivity index (χ2n) is 4.77. The van der Waals surface area contributed by atoms with Crippen LogP contribution in [0.3, 0.4) is 0 Å². The van der Waals surface area contributed by atoms with Gasteiger partial charge in [0.1, 0.15) is 0 Å². The molecule has 3 heteroatoms. The molecule has 17 heavy (non-hydrogen) atoms. The molecule has 92 valence electrons. The van der Waals surface area contributed by atoms with Crippen LogP contribution in [-0.4, -0.2) is 23.7 Å². The third kappa shape index (κ3) is 2.67. The lowest BCUT2D eigenvalue weighted by molar-refractivity contribution is 0.0915. The number of amides is 1. The summed E-state index contributed by atoms with van der Waals surface area (Å²) in [6.07, 6.45) is 3.07. The molecular weight excluding hydrogens is 214 g/mol. The minimum atomic E-state index is -0.0200. The van der Waals surface area contributed by atoms with Gasteiger partial charge in [-0.25, -0.2) is 0 Å². The third-order valence-electron chi connectivity index (χ3n) is 3.60. The van der Waals surface area contributed by atoms with E-state index in [1.165, 1.54) is 0 Å². The first-order valence-electron chi connectivity index (χ1n) is 6.19. The minimum absolute atomic E-state index is 0.0200. The van der Waals surface area contributed by atoms with E-state index in [9.17, 15) is 9.90 Å². The number of aliphatic hydroxyl groups is 1. The lowest BCUT2D eigenvalue weighted by atomic mass is 10.0. The van der Waals surface area contributed by atoms with Crippen molar-refractivity contribution >= 4 is 5.91 Å². The smallest absolute Gasteiger partial charge is 0.251 e. The molecule has 0 aromatic heterocycles. The molecule has 2 N–H and O–H groups in total. The van der Waals surface area contributed by atoms with E-state index < -0.39 is 0 Å². The van der Waals surface area contributed by atoms with Gasteiger partial charge >= 0.3 is 0 Å². The molecule has 1 aromatic rings. The molecule has 0 spiro atoms. The number of hydrogen-bond donors (Lipinski definition) is 2. The van der Waals surface area contributed by atoms with E-state index in [1.54, 1.807) is 0 Å². The molecule has 0 radical (unpaired) electrons. The molecule has 2 unspecified atom stereocenters. The average Bonchev–Trinajstić information content (AvgIpc) is 2.76. The number of aryl methyl sites for hydroxylation is 1. The normalized spacial score (nSPS) is 23.6. The maximum Gasteiger partial charge on any atom is 0.251 e. The number of nitrogens with one attached hydrogen (secondary N) is 1. The summed E-state index contributed by atoms with van der Waals surface area (Å²) in [6, 6.07) is 7.71. The van der Waals surface area contributed by atoms with Crippen molar-refractivity contribution in [1.29, 1.82) is 0 Å². The Bertz CT molecular complexity index is 403. The van der Waals surface area contributed by atoms with Gasteiger partial charge in [-0.15, -0.1) is 0 Å². The molecule has 0 bridgehead atoms. The monoisotopic (exact) mass is 233 g/mol. The summed E-state index contributed by atoms with van der Waals surface area (Å²) in [5.74, 6) is 0.205. The largest absolute Gasteiger partial charge is 0.396 e. The molecule has 0 aliphatic heterocycles. The molecule has 0 saturated heterocycles. The fourth-order valence-electron chi connectivity index (χ4n) is 2.52. The Balaban J connectivity index is 2.04. The fourth-order valence-corrected chi connectivity index (χ4v) is 2.52. The molecule has 1 amide bonds. The zero-order valence-corrected chi connectivity index (χ0v) is 10.1. The summed E-state index contributed by atoms with van der Waals surface area (Å²) in [4.78, 5) is 12.1. The van der Waals surface area contributed by atoms with E-state index in [0.29, 0.717) is 0 Å². The van der Waals surface area contributed by atoms with Gasteiger partial charge in [0.05, 0.1) is 0 Å². The summed E-state index contributed by atoms with van der Waals surface area (Å²) in [5.41, 5.74) is 1.72. The quantitative estimate of drug-likeness (QED) is 0.837. The Labute approximate surface area is 102 Å². The van der Waals surface area contributed by atoms with Crippen LogP contribution >= 0.6 is 0 Å². The van der Waals surface area contributed by atoms with Gasteiger partial charge in [-0.1, -0.05) is 24.6 Å². The van der Waals surface area contributed by atoms with Crippen LogP contribution in [0.4, 0.5) is 0 Å². The van der Waals surface area contributed by atoms with Crippen molar-refractivity contribution in [2.24, 2.45) is 5.92 Å².